The van der Waals surface area contributed by atoms with Crippen molar-refractivity contribution < 1.29 is 53.2 Å². The minimum atomic E-state index is -1.75. The van der Waals surface area contributed by atoms with Gasteiger partial charge in [-0.15, -0.1) is 0 Å². The van der Waals surface area contributed by atoms with Crippen molar-refractivity contribution in [2.75, 3.05) is 31.3 Å². The van der Waals surface area contributed by atoms with Crippen LogP contribution in [-0.4, -0.2) is 118 Å². The number of Topliss-reactive ketones (excluding diaryl/α,β-unsaturated/α-hetero) is 1. The zero-order valence-corrected chi connectivity index (χ0v) is 34.9. The second-order valence-corrected chi connectivity index (χ2v) is 17.5. The largest absolute Gasteiger partial charge is 0.481 e. The number of rotatable bonds is 21. The molecule has 8 N–H and O–H groups in total. The van der Waals surface area contributed by atoms with Crippen LogP contribution in [0.3, 0.4) is 0 Å². The Labute approximate surface area is 351 Å². The second-order valence-electron chi connectivity index (χ2n) is 15.4. The molecule has 1 saturated heterocycles. The van der Waals surface area contributed by atoms with Gasteiger partial charge in [0.05, 0.1) is 18.6 Å². The summed E-state index contributed by atoms with van der Waals surface area (Å²) in [7, 11) is -0.710. The topological polar surface area (TPSA) is 276 Å². The predicted octanol–water partition coefficient (Wildman–Crippen LogP) is 1.72. The molecule has 0 spiro atoms. The fraction of sp³-hybridized carbons (Fsp3) is 0.500. The summed E-state index contributed by atoms with van der Waals surface area (Å²) in [5, 5.41) is 39.7. The van der Waals surface area contributed by atoms with Crippen molar-refractivity contribution in [2.24, 2.45) is 17.6 Å². The number of ether oxygens (including phenoxy) is 2. The van der Waals surface area contributed by atoms with Crippen LogP contribution in [-0.2, 0) is 38.2 Å². The summed E-state index contributed by atoms with van der Waals surface area (Å²) >= 11 is 0. The molecule has 0 bridgehead atoms. The third-order valence-electron chi connectivity index (χ3n) is 10.2. The number of aliphatic carboxylic acids is 1. The lowest BCUT2D eigenvalue weighted by molar-refractivity contribution is -0.141. The standard InChI is InChI=1S/C42H54N6O11S/c1-23(2)17-32(47-42(57)59-20-31-29-11-7-5-9-27(29)28-10-6-8-12-30(28)31)40(55)48-37(25(4)49)41(56)46-33(18-36(51)52)39(54)45-24(3)38(53)34(19-43)60-16-14-26(22-60)13-15-58-21-35(44)50/h5-12,23-26,31-33,37,49H,13-18,20-22H2,1-4H3,(H2,44,50)(H,45,54)(H,46,56)(H,47,57)(H,48,55)(H,51,52)/t24-,25+,26?,32-,33-,37-,60?/m0/s1. The Morgan fingerprint density at radius 1 is 0.883 bits per heavy atom. The number of carbonyl (C=O) groups is 7. The number of alkyl carbamates (subject to hydrolysis) is 1. The molecule has 4 rings (SSSR count). The van der Waals surface area contributed by atoms with Gasteiger partial charge in [-0.1, -0.05) is 62.4 Å². The number of ketones is 1. The predicted molar refractivity (Wildman–Crippen MR) is 223 cm³/mol. The quantitative estimate of drug-likeness (QED) is 0.0699. The minimum Gasteiger partial charge on any atom is -0.481 e. The first-order valence-corrected chi connectivity index (χ1v) is 21.3. The van der Waals surface area contributed by atoms with Gasteiger partial charge in [0, 0.05) is 12.5 Å². The van der Waals surface area contributed by atoms with Crippen LogP contribution in [0.5, 0.6) is 0 Å². The third kappa shape index (κ3) is 12.9. The third-order valence-corrected chi connectivity index (χ3v) is 12.7. The summed E-state index contributed by atoms with van der Waals surface area (Å²) in [6.45, 7) is 6.24. The number of fused-ring (bicyclic) bond motifs is 3. The van der Waals surface area contributed by atoms with Gasteiger partial charge in [0.1, 0.15) is 42.3 Å². The highest BCUT2D eigenvalue weighted by molar-refractivity contribution is 8.17. The first kappa shape index (κ1) is 47.0. The maximum absolute atomic E-state index is 13.6. The van der Waals surface area contributed by atoms with Crippen molar-refractivity contribution in [1.82, 2.24) is 21.3 Å². The van der Waals surface area contributed by atoms with Gasteiger partial charge in [0.15, 0.2) is 0 Å². The van der Waals surface area contributed by atoms with Crippen LogP contribution in [0.1, 0.15) is 70.4 Å². The van der Waals surface area contributed by atoms with Gasteiger partial charge in [-0.25, -0.2) is 4.79 Å². The Morgan fingerprint density at radius 2 is 1.50 bits per heavy atom. The van der Waals surface area contributed by atoms with Crippen molar-refractivity contribution >= 4 is 56.8 Å². The lowest BCUT2D eigenvalue weighted by Crippen LogP contribution is -2.60. The zero-order chi connectivity index (χ0) is 44.1. The number of amides is 5. The molecule has 17 nitrogen and oxygen atoms in total. The number of carbonyl (C=O) groups excluding carboxylic acids is 6. The van der Waals surface area contributed by atoms with Gasteiger partial charge >= 0.3 is 12.1 Å². The lowest BCUT2D eigenvalue weighted by atomic mass is 9.98. The number of nitrogens with two attached hydrogens (primary N) is 1. The highest BCUT2D eigenvalue weighted by Crippen LogP contribution is 2.44. The van der Waals surface area contributed by atoms with Crippen molar-refractivity contribution in [1.29, 1.82) is 5.26 Å². The number of carboxylic acids is 1. The van der Waals surface area contributed by atoms with Crippen molar-refractivity contribution in [3.8, 4) is 17.2 Å². The number of nitriles is 1. The van der Waals surface area contributed by atoms with Gasteiger partial charge in [-0.05, 0) is 78.7 Å². The number of aliphatic hydroxyl groups excluding tert-OH is 1. The van der Waals surface area contributed by atoms with E-state index < -0.39 is 88.7 Å². The van der Waals surface area contributed by atoms with Gasteiger partial charge in [-0.3, -0.25) is 28.8 Å². The van der Waals surface area contributed by atoms with Crippen LogP contribution in [0.15, 0.2) is 48.5 Å². The number of hydrogen-bond acceptors (Lipinski definition) is 11. The Kier molecular flexibility index (Phi) is 17.3. The summed E-state index contributed by atoms with van der Waals surface area (Å²) in [6.07, 6.45) is -1.90. The molecule has 2 unspecified atom stereocenters. The molecule has 1 aliphatic carbocycles. The van der Waals surface area contributed by atoms with Crippen LogP contribution in [0.25, 0.3) is 11.1 Å². The van der Waals surface area contributed by atoms with Gasteiger partial charge in [0.25, 0.3) is 0 Å². The summed E-state index contributed by atoms with van der Waals surface area (Å²) in [6, 6.07) is 11.6. The van der Waals surface area contributed by atoms with E-state index in [1.807, 2.05) is 68.4 Å². The molecule has 2 aliphatic rings. The number of aliphatic hydroxyl groups is 1. The van der Waals surface area contributed by atoms with E-state index in [1.54, 1.807) is 0 Å². The van der Waals surface area contributed by atoms with E-state index in [-0.39, 0.29) is 42.3 Å². The molecule has 1 aliphatic heterocycles. The Hall–Kier alpha value is -5.64. The highest BCUT2D eigenvalue weighted by atomic mass is 32.2. The molecule has 7 atom stereocenters. The van der Waals surface area contributed by atoms with Crippen LogP contribution < -0.4 is 27.0 Å². The number of hydrogen-bond donors (Lipinski definition) is 7. The number of nitrogens with one attached hydrogen (secondary N) is 4. The van der Waals surface area contributed by atoms with E-state index in [0.717, 1.165) is 28.7 Å². The van der Waals surface area contributed by atoms with E-state index in [1.165, 1.54) is 13.8 Å². The Balaban J connectivity index is 1.38. The normalized spacial score (nSPS) is 18.3. The van der Waals surface area contributed by atoms with Crippen molar-refractivity contribution in [3.63, 3.8) is 0 Å². The molecule has 0 aromatic heterocycles. The van der Waals surface area contributed by atoms with E-state index >= 15 is 0 Å². The number of benzene rings is 2. The summed E-state index contributed by atoms with van der Waals surface area (Å²) in [5.41, 5.74) is 9.16. The molecule has 1 heterocycles. The minimum absolute atomic E-state index is 0.0141. The molecule has 2 aromatic rings. The Bertz CT molecular complexity index is 1970. The second kappa shape index (κ2) is 22.1. The van der Waals surface area contributed by atoms with Crippen molar-refractivity contribution in [3.05, 3.63) is 59.7 Å². The number of nitrogens with zero attached hydrogens (tertiary/aromatic N) is 1. The highest BCUT2D eigenvalue weighted by Gasteiger charge is 2.36. The maximum Gasteiger partial charge on any atom is 0.407 e. The molecule has 2 aromatic carbocycles. The monoisotopic (exact) mass is 850 g/mol. The fourth-order valence-corrected chi connectivity index (χ4v) is 9.87. The van der Waals surface area contributed by atoms with Crippen LogP contribution in [0.2, 0.25) is 0 Å². The molecular weight excluding hydrogens is 797 g/mol. The van der Waals surface area contributed by atoms with Gasteiger partial charge in [-0.2, -0.15) is 15.7 Å². The molecule has 0 saturated carbocycles. The number of carboxylic acid groups (broad SMARTS) is 1. The molecule has 18 heteroatoms. The first-order chi connectivity index (χ1) is 28.5. The number of primary amides is 1. The smallest absolute Gasteiger partial charge is 0.407 e. The van der Waals surface area contributed by atoms with E-state index in [0.29, 0.717) is 24.5 Å². The van der Waals surface area contributed by atoms with E-state index in [4.69, 9.17) is 15.2 Å². The SMILES string of the molecule is CC(C)C[C@H](NC(=O)OCC1c2ccccc2-c2ccccc21)C(=O)N[C@H](C(=O)N[C@@H](CC(=O)O)C(=O)N[C@@H](C)C(=O)/C(C#N)=S1/CCC(CCOCC(N)=O)C1)[C@@H](C)O. The summed E-state index contributed by atoms with van der Waals surface area (Å²) in [4.78, 5) is 89.7. The molecule has 1 fully saturated rings. The van der Waals surface area contributed by atoms with Crippen LogP contribution in [0.4, 0.5) is 4.79 Å². The fourth-order valence-electron chi connectivity index (χ4n) is 7.22. The van der Waals surface area contributed by atoms with Crippen LogP contribution >= 0.6 is 10.5 Å². The average Bonchev–Trinajstić information content (AvgIpc) is 3.79. The lowest BCUT2D eigenvalue weighted by Gasteiger charge is -2.27. The molecule has 5 amide bonds. The molecule has 324 valence electrons. The van der Waals surface area contributed by atoms with E-state index in [9.17, 15) is 49.0 Å². The van der Waals surface area contributed by atoms with E-state index in [2.05, 4.69) is 21.3 Å². The maximum atomic E-state index is 13.6. The van der Waals surface area contributed by atoms with Gasteiger partial charge in [0.2, 0.25) is 29.4 Å². The van der Waals surface area contributed by atoms with Gasteiger partial charge < -0.3 is 46.7 Å². The van der Waals surface area contributed by atoms with Crippen molar-refractivity contribution in [2.45, 2.75) is 89.6 Å². The molecule has 60 heavy (non-hydrogen) atoms. The zero-order valence-electron chi connectivity index (χ0n) is 34.1. The summed E-state index contributed by atoms with van der Waals surface area (Å²) in [5.74, 6) is -4.82. The first-order valence-electron chi connectivity index (χ1n) is 19.8. The average molecular weight is 851 g/mol. The molecular formula is C42H54N6O11S. The van der Waals surface area contributed by atoms with Crippen LogP contribution in [0, 0.1) is 23.2 Å². The molecule has 0 radical (unpaired) electrons. The Morgan fingerprint density at radius 3 is 2.07 bits per heavy atom. The summed E-state index contributed by atoms with van der Waals surface area (Å²) < 4.78 is 10.9.